The molecule has 6 heteroatoms. The predicted molar refractivity (Wildman–Crippen MR) is 75.7 cm³/mol. The summed E-state index contributed by atoms with van der Waals surface area (Å²) in [6.07, 6.45) is 2.20. The zero-order valence-electron chi connectivity index (χ0n) is 11.0. The van der Waals surface area contributed by atoms with Gasteiger partial charge in [-0.1, -0.05) is 0 Å². The van der Waals surface area contributed by atoms with E-state index < -0.39 is 5.97 Å². The third-order valence-corrected chi connectivity index (χ3v) is 4.98. The van der Waals surface area contributed by atoms with Gasteiger partial charge in [0.25, 0.3) is 0 Å². The Labute approximate surface area is 120 Å². The van der Waals surface area contributed by atoms with Gasteiger partial charge in [0.15, 0.2) is 0 Å². The van der Waals surface area contributed by atoms with Gasteiger partial charge in [0.05, 0.1) is 10.3 Å². The number of thioether (sulfide) groups is 1. The fourth-order valence-corrected chi connectivity index (χ4v) is 3.49. The van der Waals surface area contributed by atoms with E-state index in [1.54, 1.807) is 12.1 Å². The Hall–Kier alpha value is -1.82. The summed E-state index contributed by atoms with van der Waals surface area (Å²) in [4.78, 5) is 10.8. The molecule has 20 heavy (non-hydrogen) atoms. The molecule has 1 saturated heterocycles. The topological polar surface area (TPSA) is 76.2 Å². The molecular weight excluding hydrogens is 276 g/mol. The fourth-order valence-electron chi connectivity index (χ4n) is 2.26. The first-order valence-electron chi connectivity index (χ1n) is 6.40. The molecule has 0 amide bonds. The predicted octanol–water partition coefficient (Wildman–Crippen LogP) is 3.18. The minimum Gasteiger partial charge on any atom is -0.478 e. The van der Waals surface area contributed by atoms with Gasteiger partial charge in [0, 0.05) is 5.56 Å². The summed E-state index contributed by atoms with van der Waals surface area (Å²) in [6, 6.07) is 6.44. The van der Waals surface area contributed by atoms with Crippen LogP contribution in [0.4, 0.5) is 0 Å². The smallest absolute Gasteiger partial charge is 0.335 e. The third kappa shape index (κ3) is 2.31. The number of carbonyl (C=O) groups is 1. The number of aromatic nitrogens is 2. The van der Waals surface area contributed by atoms with Crippen LogP contribution >= 0.6 is 11.8 Å². The molecule has 1 fully saturated rings. The lowest BCUT2D eigenvalue weighted by Crippen LogP contribution is -2.12. The van der Waals surface area contributed by atoms with Crippen molar-refractivity contribution >= 4 is 17.7 Å². The maximum atomic E-state index is 10.8. The summed E-state index contributed by atoms with van der Waals surface area (Å²) in [5.41, 5.74) is 0.979. The molecule has 104 valence electrons. The van der Waals surface area contributed by atoms with Crippen LogP contribution in [0.1, 0.15) is 36.0 Å². The highest BCUT2D eigenvalue weighted by molar-refractivity contribution is 8.00. The van der Waals surface area contributed by atoms with Gasteiger partial charge in [-0.15, -0.1) is 22.0 Å². The number of rotatable bonds is 3. The number of benzene rings is 1. The first-order valence-corrected chi connectivity index (χ1v) is 7.39. The number of carboxylic acid groups (broad SMARTS) is 1. The Morgan fingerprint density at radius 3 is 2.70 bits per heavy atom. The molecule has 1 aliphatic rings. The van der Waals surface area contributed by atoms with Gasteiger partial charge in [-0.05, 0) is 49.8 Å². The minimum absolute atomic E-state index is 0.0910. The van der Waals surface area contributed by atoms with E-state index in [0.29, 0.717) is 11.8 Å². The van der Waals surface area contributed by atoms with E-state index in [2.05, 4.69) is 17.1 Å². The molecule has 0 radical (unpaired) electrons. The molecule has 1 aliphatic heterocycles. The maximum absolute atomic E-state index is 10.8. The molecule has 0 aliphatic carbocycles. The van der Waals surface area contributed by atoms with Crippen molar-refractivity contribution in [2.24, 2.45) is 0 Å². The van der Waals surface area contributed by atoms with Gasteiger partial charge in [0.1, 0.15) is 0 Å². The zero-order chi connectivity index (χ0) is 14.2. The molecule has 1 unspecified atom stereocenters. The van der Waals surface area contributed by atoms with Gasteiger partial charge in [-0.25, -0.2) is 4.79 Å². The summed E-state index contributed by atoms with van der Waals surface area (Å²) in [5.74, 6) is 1.25. The van der Waals surface area contributed by atoms with Gasteiger partial charge >= 0.3 is 5.97 Å². The molecule has 1 aromatic carbocycles. The average molecular weight is 290 g/mol. The first kappa shape index (κ1) is 13.2. The Balaban J connectivity index is 1.88. The number of aromatic carboxylic acids is 1. The standard InChI is InChI=1S/C14H14N2O3S/c1-14(7-2-8-20-14)13-16-15-11(19-13)9-3-5-10(6-4-9)12(17)18/h3-6H,2,7-8H2,1H3,(H,17,18). The summed E-state index contributed by atoms with van der Waals surface area (Å²) in [7, 11) is 0. The van der Waals surface area contributed by atoms with Crippen molar-refractivity contribution in [3.05, 3.63) is 35.7 Å². The minimum atomic E-state index is -0.947. The van der Waals surface area contributed by atoms with Crippen molar-refractivity contribution in [1.82, 2.24) is 10.2 Å². The molecule has 2 heterocycles. The van der Waals surface area contributed by atoms with E-state index in [4.69, 9.17) is 9.52 Å². The van der Waals surface area contributed by atoms with Gasteiger partial charge in [-0.3, -0.25) is 0 Å². The molecular formula is C14H14N2O3S. The van der Waals surface area contributed by atoms with Crippen molar-refractivity contribution in [2.45, 2.75) is 24.5 Å². The lowest BCUT2D eigenvalue weighted by molar-refractivity contribution is 0.0697. The normalized spacial score (nSPS) is 22.1. The maximum Gasteiger partial charge on any atom is 0.335 e. The van der Waals surface area contributed by atoms with E-state index in [9.17, 15) is 4.79 Å². The van der Waals surface area contributed by atoms with E-state index in [1.165, 1.54) is 12.1 Å². The zero-order valence-corrected chi connectivity index (χ0v) is 11.8. The quantitative estimate of drug-likeness (QED) is 0.935. The van der Waals surface area contributed by atoms with Crippen LogP contribution in [0.15, 0.2) is 28.7 Å². The first-order chi connectivity index (χ1) is 9.58. The van der Waals surface area contributed by atoms with Crippen LogP contribution in [0.5, 0.6) is 0 Å². The number of hydrogen-bond donors (Lipinski definition) is 1. The Morgan fingerprint density at radius 2 is 2.10 bits per heavy atom. The summed E-state index contributed by atoms with van der Waals surface area (Å²) in [5, 5.41) is 17.1. The second-order valence-corrected chi connectivity index (χ2v) is 6.58. The Bertz CT molecular complexity index is 630. The average Bonchev–Trinajstić information content (AvgIpc) is 3.08. The second kappa shape index (κ2) is 4.94. The van der Waals surface area contributed by atoms with Crippen LogP contribution in [0.2, 0.25) is 0 Å². The third-order valence-electron chi connectivity index (χ3n) is 3.48. The molecule has 0 spiro atoms. The monoisotopic (exact) mass is 290 g/mol. The van der Waals surface area contributed by atoms with E-state index in [-0.39, 0.29) is 10.3 Å². The molecule has 5 nitrogen and oxygen atoms in total. The van der Waals surface area contributed by atoms with Crippen molar-refractivity contribution < 1.29 is 14.3 Å². The van der Waals surface area contributed by atoms with E-state index in [0.717, 1.165) is 24.2 Å². The molecule has 1 N–H and O–H groups in total. The van der Waals surface area contributed by atoms with Crippen LogP contribution in [0, 0.1) is 0 Å². The van der Waals surface area contributed by atoms with Gasteiger partial charge in [-0.2, -0.15) is 0 Å². The van der Waals surface area contributed by atoms with E-state index in [1.807, 2.05) is 11.8 Å². The summed E-state index contributed by atoms with van der Waals surface area (Å²) >= 11 is 1.84. The highest BCUT2D eigenvalue weighted by Gasteiger charge is 2.36. The lowest BCUT2D eigenvalue weighted by atomic mass is 10.1. The molecule has 3 rings (SSSR count). The van der Waals surface area contributed by atoms with Crippen molar-refractivity contribution in [2.75, 3.05) is 5.75 Å². The number of carboxylic acids is 1. The number of nitrogens with zero attached hydrogens (tertiary/aromatic N) is 2. The van der Waals surface area contributed by atoms with Crippen molar-refractivity contribution in [3.8, 4) is 11.5 Å². The summed E-state index contributed by atoms with van der Waals surface area (Å²) < 4.78 is 5.68. The summed E-state index contributed by atoms with van der Waals surface area (Å²) in [6.45, 7) is 2.12. The lowest BCUT2D eigenvalue weighted by Gasteiger charge is -2.16. The highest BCUT2D eigenvalue weighted by Crippen LogP contribution is 2.45. The molecule has 2 aromatic rings. The van der Waals surface area contributed by atoms with Gasteiger partial charge in [0.2, 0.25) is 11.8 Å². The Kier molecular flexibility index (Phi) is 3.25. The molecule has 1 aromatic heterocycles. The molecule has 0 bridgehead atoms. The van der Waals surface area contributed by atoms with Crippen LogP contribution in [-0.4, -0.2) is 27.0 Å². The fraction of sp³-hybridized carbons (Fsp3) is 0.357. The van der Waals surface area contributed by atoms with Gasteiger partial charge < -0.3 is 9.52 Å². The second-order valence-electron chi connectivity index (χ2n) is 4.98. The van der Waals surface area contributed by atoms with Crippen molar-refractivity contribution in [3.63, 3.8) is 0 Å². The van der Waals surface area contributed by atoms with Crippen LogP contribution in [0.25, 0.3) is 11.5 Å². The van der Waals surface area contributed by atoms with E-state index >= 15 is 0 Å². The van der Waals surface area contributed by atoms with Crippen LogP contribution in [0.3, 0.4) is 0 Å². The highest BCUT2D eigenvalue weighted by atomic mass is 32.2. The Morgan fingerprint density at radius 1 is 1.35 bits per heavy atom. The molecule has 0 saturated carbocycles. The SMILES string of the molecule is CC1(c2nnc(-c3ccc(C(=O)O)cc3)o2)CCCS1. The van der Waals surface area contributed by atoms with Crippen LogP contribution in [-0.2, 0) is 4.75 Å². The number of hydrogen-bond acceptors (Lipinski definition) is 5. The van der Waals surface area contributed by atoms with Crippen molar-refractivity contribution in [1.29, 1.82) is 0 Å². The van der Waals surface area contributed by atoms with Crippen LogP contribution < -0.4 is 0 Å². The molecule has 1 atom stereocenters. The largest absolute Gasteiger partial charge is 0.478 e.